The van der Waals surface area contributed by atoms with Crippen LogP contribution >= 0.6 is 0 Å². The lowest BCUT2D eigenvalue weighted by Crippen LogP contribution is -2.44. The number of aromatic nitrogens is 4. The molecule has 1 N–H and O–H groups in total. The van der Waals surface area contributed by atoms with Crippen molar-refractivity contribution in [1.82, 2.24) is 24.9 Å². The first-order valence-corrected chi connectivity index (χ1v) is 9.99. The topological polar surface area (TPSA) is 84.1 Å². The summed E-state index contributed by atoms with van der Waals surface area (Å²) in [4.78, 5) is 20.7. The quantitative estimate of drug-likeness (QED) is 0.682. The van der Waals surface area contributed by atoms with Crippen LogP contribution in [0, 0.1) is 17.8 Å². The maximum absolute atomic E-state index is 13.3. The minimum atomic E-state index is -0.0947. The molecule has 7 nitrogen and oxygen atoms in total. The number of hydrogen-bond donors (Lipinski definition) is 1. The van der Waals surface area contributed by atoms with Gasteiger partial charge in [0.15, 0.2) is 0 Å². The molecule has 30 heavy (non-hydrogen) atoms. The fourth-order valence-electron chi connectivity index (χ4n) is 3.76. The highest BCUT2D eigenvalue weighted by atomic mass is 16.3. The molecule has 1 saturated heterocycles. The first-order chi connectivity index (χ1) is 14.7. The van der Waals surface area contributed by atoms with Crippen molar-refractivity contribution < 1.29 is 9.90 Å². The minimum absolute atomic E-state index is 0.0106. The number of nitrogens with zero attached hydrogens (tertiary/aromatic N) is 5. The van der Waals surface area contributed by atoms with E-state index in [2.05, 4.69) is 33.9 Å². The standard InChI is InChI=1S/C23H23N5O2/c1-17-14-19(7-6-18-8-10-24-20(15-18)16-29)9-13-27(17)23(30)21-4-2-3-5-22(21)28-25-11-12-26-28/h2-5,8,10-12,15,17,19,29H,9,13-14,16H2,1H3/t17-,19?/m1/s1. The molecule has 1 aliphatic heterocycles. The van der Waals surface area contributed by atoms with Crippen molar-refractivity contribution in [3.8, 4) is 17.5 Å². The van der Waals surface area contributed by atoms with Gasteiger partial charge in [0.2, 0.25) is 0 Å². The maximum Gasteiger partial charge on any atom is 0.256 e. The van der Waals surface area contributed by atoms with E-state index in [-0.39, 0.29) is 24.5 Å². The lowest BCUT2D eigenvalue weighted by molar-refractivity contribution is 0.0607. The predicted octanol–water partition coefficient (Wildman–Crippen LogP) is 2.45. The van der Waals surface area contributed by atoms with E-state index in [9.17, 15) is 9.90 Å². The number of pyridine rings is 1. The van der Waals surface area contributed by atoms with Crippen LogP contribution in [0.4, 0.5) is 0 Å². The zero-order valence-corrected chi connectivity index (χ0v) is 16.8. The third kappa shape index (κ3) is 4.24. The monoisotopic (exact) mass is 401 g/mol. The van der Waals surface area contributed by atoms with E-state index in [0.29, 0.717) is 23.5 Å². The summed E-state index contributed by atoms with van der Waals surface area (Å²) in [5.74, 6) is 6.73. The molecule has 1 aromatic carbocycles. The minimum Gasteiger partial charge on any atom is -0.390 e. The van der Waals surface area contributed by atoms with Crippen LogP contribution in [-0.2, 0) is 6.61 Å². The highest BCUT2D eigenvalue weighted by molar-refractivity contribution is 5.98. The van der Waals surface area contributed by atoms with Gasteiger partial charge in [-0.15, -0.1) is 0 Å². The molecule has 2 atom stereocenters. The Morgan fingerprint density at radius 3 is 2.77 bits per heavy atom. The van der Waals surface area contributed by atoms with E-state index >= 15 is 0 Å². The van der Waals surface area contributed by atoms with Crippen molar-refractivity contribution in [2.45, 2.75) is 32.4 Å². The molecule has 0 bridgehead atoms. The zero-order chi connectivity index (χ0) is 20.9. The number of aliphatic hydroxyl groups is 1. The van der Waals surface area contributed by atoms with Crippen LogP contribution in [0.1, 0.15) is 41.4 Å². The third-order valence-electron chi connectivity index (χ3n) is 5.30. The molecular formula is C23H23N5O2. The Hall–Kier alpha value is -3.50. The number of benzene rings is 1. The summed E-state index contributed by atoms with van der Waals surface area (Å²) >= 11 is 0. The molecule has 7 heteroatoms. The van der Waals surface area contributed by atoms with Gasteiger partial charge in [-0.05, 0) is 44.0 Å². The van der Waals surface area contributed by atoms with Crippen LogP contribution in [0.3, 0.4) is 0 Å². The fourth-order valence-corrected chi connectivity index (χ4v) is 3.76. The van der Waals surface area contributed by atoms with E-state index < -0.39 is 0 Å². The number of aliphatic hydroxyl groups excluding tert-OH is 1. The average molecular weight is 401 g/mol. The Bertz CT molecular complexity index is 1080. The van der Waals surface area contributed by atoms with Crippen LogP contribution < -0.4 is 0 Å². The van der Waals surface area contributed by atoms with Crippen LogP contribution in [0.15, 0.2) is 55.0 Å². The van der Waals surface area contributed by atoms with Gasteiger partial charge in [0, 0.05) is 30.3 Å². The Morgan fingerprint density at radius 2 is 2.00 bits per heavy atom. The van der Waals surface area contributed by atoms with Gasteiger partial charge in [0.25, 0.3) is 5.91 Å². The SMILES string of the molecule is C[C@@H]1CC(C#Cc2ccnc(CO)c2)CCN1C(=O)c1ccccc1-n1nccn1. The molecule has 2 aromatic heterocycles. The first kappa shape index (κ1) is 19.8. The summed E-state index contributed by atoms with van der Waals surface area (Å²) in [5.41, 5.74) is 2.74. The molecule has 0 radical (unpaired) electrons. The summed E-state index contributed by atoms with van der Waals surface area (Å²) in [7, 11) is 0. The molecule has 1 amide bonds. The van der Waals surface area contributed by atoms with Gasteiger partial charge >= 0.3 is 0 Å². The Balaban J connectivity index is 1.47. The van der Waals surface area contributed by atoms with Crippen molar-refractivity contribution in [1.29, 1.82) is 0 Å². The van der Waals surface area contributed by atoms with Gasteiger partial charge in [0.05, 0.1) is 35.9 Å². The number of carbonyl (C=O) groups excluding carboxylic acids is 1. The van der Waals surface area contributed by atoms with Gasteiger partial charge in [0.1, 0.15) is 0 Å². The molecular weight excluding hydrogens is 378 g/mol. The Labute approximate surface area is 175 Å². The number of piperidine rings is 1. The molecule has 152 valence electrons. The van der Waals surface area contributed by atoms with E-state index in [0.717, 1.165) is 18.4 Å². The number of para-hydroxylation sites is 1. The van der Waals surface area contributed by atoms with Gasteiger partial charge in [-0.1, -0.05) is 24.0 Å². The maximum atomic E-state index is 13.3. The predicted molar refractivity (Wildman–Crippen MR) is 112 cm³/mol. The highest BCUT2D eigenvalue weighted by Gasteiger charge is 2.30. The lowest BCUT2D eigenvalue weighted by Gasteiger charge is -2.36. The molecule has 0 saturated carbocycles. The van der Waals surface area contributed by atoms with Crippen molar-refractivity contribution in [2.75, 3.05) is 6.54 Å². The molecule has 0 spiro atoms. The molecule has 3 heterocycles. The van der Waals surface area contributed by atoms with E-state index in [1.54, 1.807) is 24.7 Å². The second-order valence-corrected chi connectivity index (χ2v) is 7.37. The number of hydrogen-bond acceptors (Lipinski definition) is 5. The smallest absolute Gasteiger partial charge is 0.256 e. The van der Waals surface area contributed by atoms with Crippen LogP contribution in [0.25, 0.3) is 5.69 Å². The number of carbonyl (C=O) groups is 1. The van der Waals surface area contributed by atoms with E-state index in [1.807, 2.05) is 35.2 Å². The lowest BCUT2D eigenvalue weighted by atomic mass is 9.91. The van der Waals surface area contributed by atoms with Crippen LogP contribution in [0.5, 0.6) is 0 Å². The third-order valence-corrected chi connectivity index (χ3v) is 5.30. The molecule has 1 aliphatic rings. The van der Waals surface area contributed by atoms with Crippen molar-refractivity contribution in [3.05, 3.63) is 71.8 Å². The zero-order valence-electron chi connectivity index (χ0n) is 16.8. The second kappa shape index (κ2) is 8.89. The second-order valence-electron chi connectivity index (χ2n) is 7.37. The normalized spacial score (nSPS) is 18.5. The summed E-state index contributed by atoms with van der Waals surface area (Å²) < 4.78 is 0. The van der Waals surface area contributed by atoms with Gasteiger partial charge < -0.3 is 10.0 Å². The van der Waals surface area contributed by atoms with E-state index in [4.69, 9.17) is 0 Å². The summed E-state index contributed by atoms with van der Waals surface area (Å²) in [6.45, 7) is 2.62. The largest absolute Gasteiger partial charge is 0.390 e. The van der Waals surface area contributed by atoms with Crippen molar-refractivity contribution in [3.63, 3.8) is 0 Å². The number of likely N-dealkylation sites (tertiary alicyclic amines) is 1. The van der Waals surface area contributed by atoms with Gasteiger partial charge in [-0.25, -0.2) is 0 Å². The summed E-state index contributed by atoms with van der Waals surface area (Å²) in [6.07, 6.45) is 6.49. The fraction of sp³-hybridized carbons (Fsp3) is 0.304. The molecule has 0 aliphatic carbocycles. The Morgan fingerprint density at radius 1 is 1.20 bits per heavy atom. The average Bonchev–Trinajstić information content (AvgIpc) is 3.32. The first-order valence-electron chi connectivity index (χ1n) is 9.99. The molecule has 1 unspecified atom stereocenters. The Kier molecular flexibility index (Phi) is 5.87. The van der Waals surface area contributed by atoms with E-state index in [1.165, 1.54) is 4.80 Å². The summed E-state index contributed by atoms with van der Waals surface area (Å²) in [6, 6.07) is 11.1. The van der Waals surface area contributed by atoms with Crippen molar-refractivity contribution in [2.24, 2.45) is 5.92 Å². The van der Waals surface area contributed by atoms with Gasteiger partial charge in [-0.3, -0.25) is 9.78 Å². The summed E-state index contributed by atoms with van der Waals surface area (Å²) in [5, 5.41) is 17.5. The number of rotatable bonds is 3. The highest BCUT2D eigenvalue weighted by Crippen LogP contribution is 2.25. The molecule has 4 rings (SSSR count). The number of amides is 1. The van der Waals surface area contributed by atoms with Crippen LogP contribution in [0.2, 0.25) is 0 Å². The molecule has 3 aromatic rings. The molecule has 1 fully saturated rings. The van der Waals surface area contributed by atoms with Gasteiger partial charge in [-0.2, -0.15) is 15.0 Å². The van der Waals surface area contributed by atoms with Crippen molar-refractivity contribution >= 4 is 5.91 Å². The van der Waals surface area contributed by atoms with Crippen LogP contribution in [-0.4, -0.2) is 48.5 Å².